The van der Waals surface area contributed by atoms with E-state index in [1.54, 1.807) is 0 Å². The summed E-state index contributed by atoms with van der Waals surface area (Å²) in [5, 5.41) is 19.3. The number of carbonyl (C=O) groups excluding carboxylic acids is 2. The molecule has 8 heteroatoms. The first-order valence-corrected chi connectivity index (χ1v) is 13.6. The number of fused-ring (bicyclic) bond motifs is 1. The van der Waals surface area contributed by atoms with Crippen molar-refractivity contribution in [2.24, 2.45) is 16.7 Å². The minimum absolute atomic E-state index is 0.000602. The molecule has 0 unspecified atom stereocenters. The van der Waals surface area contributed by atoms with Crippen LogP contribution in [0.4, 0.5) is 0 Å². The molecule has 3 aliphatic rings. The second-order valence-corrected chi connectivity index (χ2v) is 12.4. The summed E-state index contributed by atoms with van der Waals surface area (Å²) in [4.78, 5) is 28.9. The van der Waals surface area contributed by atoms with E-state index in [0.717, 1.165) is 57.0 Å². The first-order chi connectivity index (χ1) is 16.1. The molecular weight excluding hydrogens is 450 g/mol. The number of amides is 2. The highest BCUT2D eigenvalue weighted by atomic mass is 32.1. The standard InChI is InChI=1S/C26H41N3O4S/c1-24(2)18-21(28-23(31)19-5-4-16-34-19)26(9-8-25(3,32)17-20(24)26)7-6-22(30)27-10-11-29-12-14-33-15-13-29/h4-5,16,20-21,32H,6-15,17-18H2,1-3H3,(H,27,30)(H,28,31)/t20-,21-,25-,26-/m0/s1. The van der Waals surface area contributed by atoms with Crippen molar-refractivity contribution in [2.45, 2.75) is 70.9 Å². The van der Waals surface area contributed by atoms with E-state index in [0.29, 0.717) is 25.8 Å². The summed E-state index contributed by atoms with van der Waals surface area (Å²) < 4.78 is 5.39. The van der Waals surface area contributed by atoms with Crippen LogP contribution in [-0.4, -0.2) is 72.9 Å². The fourth-order valence-corrected chi connectivity index (χ4v) is 7.31. The zero-order valence-corrected chi connectivity index (χ0v) is 21.7. The molecule has 0 aromatic carbocycles. The Hall–Kier alpha value is -1.48. The number of carbonyl (C=O) groups is 2. The van der Waals surface area contributed by atoms with Crippen molar-refractivity contribution in [3.8, 4) is 0 Å². The maximum atomic E-state index is 13.0. The normalized spacial score (nSPS) is 33.3. The molecule has 3 fully saturated rings. The van der Waals surface area contributed by atoms with Crippen LogP contribution < -0.4 is 10.6 Å². The Kier molecular flexibility index (Phi) is 7.72. The fraction of sp³-hybridized carbons (Fsp3) is 0.769. The molecule has 4 rings (SSSR count). The Balaban J connectivity index is 1.43. The summed E-state index contributed by atoms with van der Waals surface area (Å²) in [6, 6.07) is 3.76. The highest BCUT2D eigenvalue weighted by Gasteiger charge is 2.61. The highest BCUT2D eigenvalue weighted by molar-refractivity contribution is 7.12. The molecule has 1 saturated heterocycles. The van der Waals surface area contributed by atoms with Crippen LogP contribution in [-0.2, 0) is 9.53 Å². The number of rotatable bonds is 8. The lowest BCUT2D eigenvalue weighted by molar-refractivity contribution is -0.123. The van der Waals surface area contributed by atoms with E-state index >= 15 is 0 Å². The van der Waals surface area contributed by atoms with Gasteiger partial charge in [0.05, 0.1) is 23.7 Å². The van der Waals surface area contributed by atoms with Crippen LogP contribution in [0.1, 0.15) is 69.0 Å². The van der Waals surface area contributed by atoms with Gasteiger partial charge in [0.1, 0.15) is 0 Å². The average Bonchev–Trinajstić information content (AvgIpc) is 3.39. The van der Waals surface area contributed by atoms with Crippen LogP contribution in [0.25, 0.3) is 0 Å². The summed E-state index contributed by atoms with van der Waals surface area (Å²) in [6.07, 6.45) is 4.28. The van der Waals surface area contributed by atoms with Crippen molar-refractivity contribution in [1.82, 2.24) is 15.5 Å². The smallest absolute Gasteiger partial charge is 0.261 e. The summed E-state index contributed by atoms with van der Waals surface area (Å²) in [5.41, 5.74) is -0.899. The third-order valence-corrected chi connectivity index (χ3v) is 9.42. The van der Waals surface area contributed by atoms with Crippen LogP contribution in [0, 0.1) is 16.7 Å². The van der Waals surface area contributed by atoms with Gasteiger partial charge in [0, 0.05) is 38.6 Å². The van der Waals surface area contributed by atoms with E-state index < -0.39 is 5.60 Å². The van der Waals surface area contributed by atoms with Crippen LogP contribution in [0.15, 0.2) is 17.5 Å². The van der Waals surface area contributed by atoms with E-state index in [1.807, 2.05) is 24.4 Å². The molecule has 0 bridgehead atoms. The minimum Gasteiger partial charge on any atom is -0.390 e. The van der Waals surface area contributed by atoms with Gasteiger partial charge in [0.25, 0.3) is 5.91 Å². The van der Waals surface area contributed by atoms with E-state index in [9.17, 15) is 14.7 Å². The van der Waals surface area contributed by atoms with Crippen molar-refractivity contribution < 1.29 is 19.4 Å². The first-order valence-electron chi connectivity index (χ1n) is 12.7. The topological polar surface area (TPSA) is 90.9 Å². The van der Waals surface area contributed by atoms with Crippen molar-refractivity contribution in [1.29, 1.82) is 0 Å². The number of ether oxygens (including phenoxy) is 1. The van der Waals surface area contributed by atoms with Gasteiger partial charge in [0.15, 0.2) is 0 Å². The predicted molar refractivity (Wildman–Crippen MR) is 134 cm³/mol. The lowest BCUT2D eigenvalue weighted by Crippen LogP contribution is -2.52. The fourth-order valence-electron chi connectivity index (χ4n) is 6.68. The van der Waals surface area contributed by atoms with Crippen molar-refractivity contribution in [3.63, 3.8) is 0 Å². The molecule has 2 aliphatic carbocycles. The van der Waals surface area contributed by atoms with Gasteiger partial charge >= 0.3 is 0 Å². The molecule has 190 valence electrons. The maximum absolute atomic E-state index is 13.0. The number of hydrogen-bond acceptors (Lipinski definition) is 6. The van der Waals surface area contributed by atoms with E-state index in [2.05, 4.69) is 29.4 Å². The molecule has 1 aromatic rings. The third-order valence-electron chi connectivity index (χ3n) is 8.56. The summed E-state index contributed by atoms with van der Waals surface area (Å²) in [7, 11) is 0. The average molecular weight is 492 g/mol. The summed E-state index contributed by atoms with van der Waals surface area (Å²) >= 11 is 1.45. The van der Waals surface area contributed by atoms with Crippen molar-refractivity contribution >= 4 is 23.2 Å². The Labute approximate surface area is 207 Å². The molecule has 2 amide bonds. The lowest BCUT2D eigenvalue weighted by atomic mass is 9.57. The van der Waals surface area contributed by atoms with Gasteiger partial charge in [-0.15, -0.1) is 11.3 Å². The molecule has 1 aromatic heterocycles. The minimum atomic E-state index is -0.696. The highest BCUT2D eigenvalue weighted by Crippen LogP contribution is 2.63. The molecule has 0 radical (unpaired) electrons. The molecule has 34 heavy (non-hydrogen) atoms. The second kappa shape index (κ2) is 10.2. The largest absolute Gasteiger partial charge is 0.390 e. The summed E-state index contributed by atoms with van der Waals surface area (Å²) in [5.74, 6) is 0.299. The number of nitrogens with one attached hydrogen (secondary N) is 2. The Bertz CT molecular complexity index is 850. The van der Waals surface area contributed by atoms with Crippen LogP contribution >= 0.6 is 11.3 Å². The SMILES string of the molecule is CC1(C)C[C@H](NC(=O)c2cccs2)[C@@]2(CCC(=O)NCCN3CCOCC3)CC[C@](C)(O)C[C@@H]12. The van der Waals surface area contributed by atoms with Gasteiger partial charge in [-0.25, -0.2) is 0 Å². The molecule has 3 N–H and O–H groups in total. The lowest BCUT2D eigenvalue weighted by Gasteiger charge is -2.50. The number of aliphatic hydroxyl groups is 1. The quantitative estimate of drug-likeness (QED) is 0.520. The second-order valence-electron chi connectivity index (χ2n) is 11.5. The Morgan fingerprint density at radius 3 is 2.68 bits per heavy atom. The number of thiophene rings is 1. The van der Waals surface area contributed by atoms with Crippen molar-refractivity contribution in [2.75, 3.05) is 39.4 Å². The van der Waals surface area contributed by atoms with Crippen LogP contribution in [0.2, 0.25) is 0 Å². The molecule has 0 spiro atoms. The molecular formula is C26H41N3O4S. The third kappa shape index (κ3) is 5.66. The number of nitrogens with zero attached hydrogens (tertiary/aromatic N) is 1. The monoisotopic (exact) mass is 491 g/mol. The Morgan fingerprint density at radius 1 is 1.21 bits per heavy atom. The van der Waals surface area contributed by atoms with Gasteiger partial charge in [0.2, 0.25) is 5.91 Å². The van der Waals surface area contributed by atoms with Crippen LogP contribution in [0.3, 0.4) is 0 Å². The van der Waals surface area contributed by atoms with Gasteiger partial charge < -0.3 is 20.5 Å². The van der Waals surface area contributed by atoms with E-state index in [-0.39, 0.29) is 34.6 Å². The van der Waals surface area contributed by atoms with Gasteiger partial charge in [-0.3, -0.25) is 14.5 Å². The van der Waals surface area contributed by atoms with Gasteiger partial charge in [-0.05, 0) is 67.2 Å². The van der Waals surface area contributed by atoms with Crippen LogP contribution in [0.5, 0.6) is 0 Å². The summed E-state index contributed by atoms with van der Waals surface area (Å²) in [6.45, 7) is 11.3. The first kappa shape index (κ1) is 25.6. The number of morpholine rings is 1. The van der Waals surface area contributed by atoms with Crippen molar-refractivity contribution in [3.05, 3.63) is 22.4 Å². The van der Waals surface area contributed by atoms with E-state index in [4.69, 9.17) is 4.74 Å². The molecule has 2 heterocycles. The molecule has 7 nitrogen and oxygen atoms in total. The zero-order valence-electron chi connectivity index (χ0n) is 20.9. The maximum Gasteiger partial charge on any atom is 0.261 e. The van der Waals surface area contributed by atoms with E-state index in [1.165, 1.54) is 11.3 Å². The molecule has 2 saturated carbocycles. The predicted octanol–water partition coefficient (Wildman–Crippen LogP) is 3.04. The molecule has 4 atom stereocenters. The van der Waals surface area contributed by atoms with Gasteiger partial charge in [-0.2, -0.15) is 0 Å². The molecule has 1 aliphatic heterocycles. The Morgan fingerprint density at radius 2 is 1.97 bits per heavy atom. The zero-order chi connectivity index (χ0) is 24.4. The van der Waals surface area contributed by atoms with Gasteiger partial charge in [-0.1, -0.05) is 19.9 Å². The number of hydrogen-bond donors (Lipinski definition) is 3.